The van der Waals surface area contributed by atoms with Gasteiger partial charge in [-0.1, -0.05) is 6.07 Å². The van der Waals surface area contributed by atoms with Crippen LogP contribution in [0, 0.1) is 13.8 Å². The van der Waals surface area contributed by atoms with Crippen molar-refractivity contribution in [3.05, 3.63) is 29.3 Å². The molecule has 1 N–H and O–H groups in total. The maximum Gasteiger partial charge on any atom is 0.256 e. The van der Waals surface area contributed by atoms with E-state index < -0.39 is 0 Å². The lowest BCUT2D eigenvalue weighted by atomic mass is 10.1. The number of aryl methyl sites for hydroxylation is 2. The first-order chi connectivity index (χ1) is 9.13. The van der Waals surface area contributed by atoms with Crippen LogP contribution in [0.15, 0.2) is 18.2 Å². The zero-order valence-corrected chi connectivity index (χ0v) is 11.9. The zero-order chi connectivity index (χ0) is 13.8. The number of carbonyl (C=O) groups excluding carboxylic acids is 1. The minimum absolute atomic E-state index is 0.0738. The predicted molar refractivity (Wildman–Crippen MR) is 76.6 cm³/mol. The largest absolute Gasteiger partial charge is 0.366 e. The van der Waals surface area contributed by atoms with Crippen molar-refractivity contribution in [2.75, 3.05) is 31.6 Å². The molecule has 4 heteroatoms. The summed E-state index contributed by atoms with van der Waals surface area (Å²) in [5.41, 5.74) is 3.44. The first-order valence-electron chi connectivity index (χ1n) is 6.78. The van der Waals surface area contributed by atoms with E-state index in [1.807, 2.05) is 18.0 Å². The molecule has 1 aromatic carbocycles. The predicted octanol–water partition coefficient (Wildman–Crippen LogP) is 1.64. The Balaban J connectivity index is 2.14. The van der Waals surface area contributed by atoms with Crippen LogP contribution in [-0.2, 0) is 9.53 Å². The maximum atomic E-state index is 12.4. The molecule has 4 nitrogen and oxygen atoms in total. The standard InChI is InChI=1S/C15H22N2O2/c1-11-4-5-13(10-12(11)2)17-8-9-19-14(15(17)18)6-7-16-3/h4-5,10,14,16H,6-9H2,1-3H3. The van der Waals surface area contributed by atoms with Gasteiger partial charge in [0.25, 0.3) is 5.91 Å². The summed E-state index contributed by atoms with van der Waals surface area (Å²) in [5.74, 6) is 0.0738. The number of benzene rings is 1. The van der Waals surface area contributed by atoms with Crippen molar-refractivity contribution in [3.63, 3.8) is 0 Å². The highest BCUT2D eigenvalue weighted by Crippen LogP contribution is 2.22. The van der Waals surface area contributed by atoms with Gasteiger partial charge in [0.15, 0.2) is 0 Å². The third kappa shape index (κ3) is 3.14. The first kappa shape index (κ1) is 14.0. The molecular weight excluding hydrogens is 240 g/mol. The monoisotopic (exact) mass is 262 g/mol. The minimum atomic E-state index is -0.317. The second kappa shape index (κ2) is 6.17. The van der Waals surface area contributed by atoms with Crippen LogP contribution in [0.1, 0.15) is 17.5 Å². The molecule has 0 bridgehead atoms. The van der Waals surface area contributed by atoms with Crippen molar-refractivity contribution in [2.24, 2.45) is 0 Å². The van der Waals surface area contributed by atoms with Crippen molar-refractivity contribution >= 4 is 11.6 Å². The van der Waals surface area contributed by atoms with Crippen LogP contribution < -0.4 is 10.2 Å². The summed E-state index contributed by atoms with van der Waals surface area (Å²) in [6.07, 6.45) is 0.402. The molecule has 0 aromatic heterocycles. The highest BCUT2D eigenvalue weighted by atomic mass is 16.5. The van der Waals surface area contributed by atoms with Gasteiger partial charge in [0.05, 0.1) is 6.61 Å². The Labute approximate surface area is 114 Å². The summed E-state index contributed by atoms with van der Waals surface area (Å²) in [4.78, 5) is 14.2. The summed E-state index contributed by atoms with van der Waals surface area (Å²) >= 11 is 0. The van der Waals surface area contributed by atoms with Gasteiger partial charge in [0, 0.05) is 12.2 Å². The molecule has 1 aliphatic rings. The molecule has 1 amide bonds. The molecule has 0 spiro atoms. The molecule has 0 saturated carbocycles. The van der Waals surface area contributed by atoms with Gasteiger partial charge >= 0.3 is 0 Å². The molecular formula is C15H22N2O2. The second-order valence-corrected chi connectivity index (χ2v) is 5.01. The lowest BCUT2D eigenvalue weighted by molar-refractivity contribution is -0.134. The Hall–Kier alpha value is -1.39. The molecule has 0 aliphatic carbocycles. The lowest BCUT2D eigenvalue weighted by Gasteiger charge is -2.32. The number of hydrogen-bond donors (Lipinski definition) is 1. The molecule has 1 unspecified atom stereocenters. The Morgan fingerprint density at radius 3 is 2.84 bits per heavy atom. The fraction of sp³-hybridized carbons (Fsp3) is 0.533. The van der Waals surface area contributed by atoms with Crippen molar-refractivity contribution in [1.82, 2.24) is 5.32 Å². The summed E-state index contributed by atoms with van der Waals surface area (Å²) in [5, 5.41) is 3.06. The van der Waals surface area contributed by atoms with E-state index in [1.54, 1.807) is 0 Å². The summed E-state index contributed by atoms with van der Waals surface area (Å²) in [6, 6.07) is 6.16. The SMILES string of the molecule is CNCCC1OCCN(c2ccc(C)c(C)c2)C1=O. The minimum Gasteiger partial charge on any atom is -0.366 e. The maximum absolute atomic E-state index is 12.4. The number of morpholine rings is 1. The number of nitrogens with one attached hydrogen (secondary N) is 1. The number of rotatable bonds is 4. The van der Waals surface area contributed by atoms with Crippen molar-refractivity contribution < 1.29 is 9.53 Å². The van der Waals surface area contributed by atoms with Crippen LogP contribution >= 0.6 is 0 Å². The van der Waals surface area contributed by atoms with Gasteiger partial charge in [0.2, 0.25) is 0 Å². The van der Waals surface area contributed by atoms with E-state index in [0.29, 0.717) is 13.2 Å². The molecule has 2 rings (SSSR count). The lowest BCUT2D eigenvalue weighted by Crippen LogP contribution is -2.48. The molecule has 1 aliphatic heterocycles. The summed E-state index contributed by atoms with van der Waals surface area (Å²) in [6.45, 7) is 6.18. The van der Waals surface area contributed by atoms with E-state index in [2.05, 4.69) is 31.3 Å². The van der Waals surface area contributed by atoms with E-state index in [9.17, 15) is 4.79 Å². The Bertz CT molecular complexity index is 459. The number of anilines is 1. The zero-order valence-electron chi connectivity index (χ0n) is 11.9. The fourth-order valence-corrected chi connectivity index (χ4v) is 2.27. The molecule has 1 fully saturated rings. The smallest absolute Gasteiger partial charge is 0.256 e. The number of nitrogens with zero attached hydrogens (tertiary/aromatic N) is 1. The van der Waals surface area contributed by atoms with Gasteiger partial charge in [-0.3, -0.25) is 4.79 Å². The van der Waals surface area contributed by atoms with E-state index >= 15 is 0 Å². The third-order valence-electron chi connectivity index (χ3n) is 3.63. The normalized spacial score (nSPS) is 19.8. The quantitative estimate of drug-likeness (QED) is 0.897. The summed E-state index contributed by atoms with van der Waals surface area (Å²) in [7, 11) is 1.88. The Kier molecular flexibility index (Phi) is 4.56. The fourth-order valence-electron chi connectivity index (χ4n) is 2.27. The second-order valence-electron chi connectivity index (χ2n) is 5.01. The number of ether oxygens (including phenoxy) is 1. The topological polar surface area (TPSA) is 41.6 Å². The van der Waals surface area contributed by atoms with Crippen LogP contribution in [0.25, 0.3) is 0 Å². The number of hydrogen-bond acceptors (Lipinski definition) is 3. The van der Waals surface area contributed by atoms with Gasteiger partial charge < -0.3 is 15.0 Å². The molecule has 104 valence electrons. The Morgan fingerprint density at radius 1 is 1.37 bits per heavy atom. The van der Waals surface area contributed by atoms with Crippen molar-refractivity contribution in [2.45, 2.75) is 26.4 Å². The molecule has 0 radical (unpaired) electrons. The van der Waals surface area contributed by atoms with Crippen LogP contribution in [0.4, 0.5) is 5.69 Å². The molecule has 1 aromatic rings. The average molecular weight is 262 g/mol. The highest BCUT2D eigenvalue weighted by molar-refractivity contribution is 5.97. The van der Waals surface area contributed by atoms with E-state index in [-0.39, 0.29) is 12.0 Å². The van der Waals surface area contributed by atoms with Gasteiger partial charge in [-0.2, -0.15) is 0 Å². The molecule has 1 heterocycles. The van der Waals surface area contributed by atoms with Crippen molar-refractivity contribution in [3.8, 4) is 0 Å². The van der Waals surface area contributed by atoms with Gasteiger partial charge in [0.1, 0.15) is 6.10 Å². The first-order valence-corrected chi connectivity index (χ1v) is 6.78. The average Bonchev–Trinajstić information content (AvgIpc) is 2.41. The molecule has 1 saturated heterocycles. The third-order valence-corrected chi connectivity index (χ3v) is 3.63. The van der Waals surface area contributed by atoms with Gasteiger partial charge in [-0.25, -0.2) is 0 Å². The number of amides is 1. The Morgan fingerprint density at radius 2 is 2.16 bits per heavy atom. The summed E-state index contributed by atoms with van der Waals surface area (Å²) < 4.78 is 5.57. The van der Waals surface area contributed by atoms with Crippen LogP contribution in [0.5, 0.6) is 0 Å². The molecule has 19 heavy (non-hydrogen) atoms. The number of carbonyl (C=O) groups is 1. The van der Waals surface area contributed by atoms with Gasteiger partial charge in [-0.15, -0.1) is 0 Å². The highest BCUT2D eigenvalue weighted by Gasteiger charge is 2.30. The van der Waals surface area contributed by atoms with E-state index in [1.165, 1.54) is 11.1 Å². The van der Waals surface area contributed by atoms with E-state index in [0.717, 1.165) is 18.7 Å². The van der Waals surface area contributed by atoms with Crippen LogP contribution in [-0.4, -0.2) is 38.8 Å². The van der Waals surface area contributed by atoms with Crippen molar-refractivity contribution in [1.29, 1.82) is 0 Å². The van der Waals surface area contributed by atoms with Crippen LogP contribution in [0.3, 0.4) is 0 Å². The van der Waals surface area contributed by atoms with E-state index in [4.69, 9.17) is 4.74 Å². The van der Waals surface area contributed by atoms with Gasteiger partial charge in [-0.05, 0) is 57.1 Å². The molecule has 1 atom stereocenters. The van der Waals surface area contributed by atoms with Crippen LogP contribution in [0.2, 0.25) is 0 Å².